The van der Waals surface area contributed by atoms with Crippen LogP contribution in [0.3, 0.4) is 0 Å². The largest absolute Gasteiger partial charge is 0.456 e. The van der Waals surface area contributed by atoms with E-state index in [0.29, 0.717) is 0 Å². The van der Waals surface area contributed by atoms with E-state index >= 15 is 0 Å². The molecule has 12 rings (SSSR count). The molecular weight excluding hydrogens is 785 g/mol. The van der Waals surface area contributed by atoms with Crippen LogP contribution in [0.5, 0.6) is 0 Å². The Labute approximate surface area is 367 Å². The van der Waals surface area contributed by atoms with Gasteiger partial charge in [-0.25, -0.2) is 4.98 Å². The Bertz CT molecular complexity index is 3520. The van der Waals surface area contributed by atoms with E-state index in [4.69, 9.17) is 9.40 Å². The third kappa shape index (κ3) is 6.18. The highest BCUT2D eigenvalue weighted by molar-refractivity contribution is 8.34. The molecule has 3 aromatic heterocycles. The summed E-state index contributed by atoms with van der Waals surface area (Å²) in [6, 6.07) is 87.7. The van der Waals surface area contributed by atoms with E-state index in [1.165, 1.54) is 30.4 Å². The predicted octanol–water partition coefficient (Wildman–Crippen LogP) is 16.4. The van der Waals surface area contributed by atoms with E-state index in [0.717, 1.165) is 72.3 Å². The fourth-order valence-corrected chi connectivity index (χ4v) is 13.3. The highest BCUT2D eigenvalue weighted by Crippen LogP contribution is 2.73. The number of furan rings is 1. The van der Waals surface area contributed by atoms with Crippen LogP contribution in [0.1, 0.15) is 0 Å². The van der Waals surface area contributed by atoms with Crippen LogP contribution in [-0.4, -0.2) is 9.55 Å². The lowest BCUT2D eigenvalue weighted by Crippen LogP contribution is -2.05. The molecule has 298 valence electrons. The molecule has 0 fully saturated rings. The molecule has 4 heteroatoms. The van der Waals surface area contributed by atoms with Crippen molar-refractivity contribution in [2.75, 3.05) is 0 Å². The van der Waals surface area contributed by atoms with Crippen molar-refractivity contribution in [3.05, 3.63) is 243 Å². The fourth-order valence-electron chi connectivity index (χ4n) is 9.42. The zero-order chi connectivity index (χ0) is 41.7. The van der Waals surface area contributed by atoms with Crippen molar-refractivity contribution in [3.63, 3.8) is 0 Å². The number of hydrogen-bond donors (Lipinski definition) is 0. The maximum Gasteiger partial charge on any atom is 0.138 e. The molecule has 0 atom stereocenters. The van der Waals surface area contributed by atoms with Crippen LogP contribution in [-0.2, 0) is 0 Å². The fraction of sp³-hybridized carbons (Fsp3) is 0. The topological polar surface area (TPSA) is 31.0 Å². The molecule has 0 amide bonds. The Morgan fingerprint density at radius 2 is 0.841 bits per heavy atom. The average molecular weight is 825 g/mol. The molecule has 3 heterocycles. The van der Waals surface area contributed by atoms with Gasteiger partial charge in [-0.1, -0.05) is 146 Å². The van der Waals surface area contributed by atoms with Gasteiger partial charge in [0.15, 0.2) is 0 Å². The van der Waals surface area contributed by atoms with Crippen LogP contribution in [0.15, 0.2) is 267 Å². The molecule has 0 radical (unpaired) electrons. The summed E-state index contributed by atoms with van der Waals surface area (Å²) in [5.74, 6) is 0.870. The van der Waals surface area contributed by atoms with E-state index in [2.05, 4.69) is 235 Å². The number of benzene rings is 9. The van der Waals surface area contributed by atoms with Gasteiger partial charge in [0.1, 0.15) is 17.0 Å². The van der Waals surface area contributed by atoms with Gasteiger partial charge in [-0.05, 0) is 119 Å². The van der Waals surface area contributed by atoms with Gasteiger partial charge < -0.3 is 4.42 Å². The van der Waals surface area contributed by atoms with E-state index in [-0.39, 0.29) is 0 Å². The minimum atomic E-state index is -1.90. The third-order valence-corrected chi connectivity index (χ3v) is 16.2. The molecule has 0 saturated carbocycles. The lowest BCUT2D eigenvalue weighted by Gasteiger charge is -2.42. The second kappa shape index (κ2) is 15.2. The minimum absolute atomic E-state index is 0.870. The Balaban J connectivity index is 1.06. The van der Waals surface area contributed by atoms with Gasteiger partial charge in [0, 0.05) is 46.7 Å². The van der Waals surface area contributed by atoms with Gasteiger partial charge in [0.05, 0.1) is 16.7 Å². The first-order valence-electron chi connectivity index (χ1n) is 21.3. The monoisotopic (exact) mass is 824 g/mol. The Kier molecular flexibility index (Phi) is 8.91. The first-order chi connectivity index (χ1) is 31.2. The van der Waals surface area contributed by atoms with Crippen LogP contribution in [0.25, 0.3) is 83.1 Å². The minimum Gasteiger partial charge on any atom is -0.456 e. The Hall–Kier alpha value is -7.92. The van der Waals surface area contributed by atoms with Gasteiger partial charge in [-0.2, -0.15) is 0 Å². The van der Waals surface area contributed by atoms with Crippen LogP contribution in [0, 0.1) is 0 Å². The summed E-state index contributed by atoms with van der Waals surface area (Å²) >= 11 is 0. The lowest BCUT2D eigenvalue weighted by molar-refractivity contribution is 0.669. The predicted molar refractivity (Wildman–Crippen MR) is 262 cm³/mol. The van der Waals surface area contributed by atoms with E-state index in [9.17, 15) is 0 Å². The van der Waals surface area contributed by atoms with Crippen LogP contribution >= 0.6 is 10.0 Å². The molecule has 3 nitrogen and oxygen atoms in total. The molecule has 0 N–H and O–H groups in total. The quantitative estimate of drug-likeness (QED) is 0.153. The molecule has 0 unspecified atom stereocenters. The SMILES string of the molecule is c1ccc(-c2cc(-c3cccc(S(c4ccccc4)(c4ccccc4)c4ccccc4)c3)nc(-n3c4ccccc4c4cc(-c5ccc6oc7ccccc7c6c5)ccc43)c2)cc1. The second-order valence-corrected chi connectivity index (χ2v) is 19.0. The van der Waals surface area contributed by atoms with Crippen LogP contribution in [0.4, 0.5) is 0 Å². The Morgan fingerprint density at radius 1 is 0.317 bits per heavy atom. The maximum absolute atomic E-state index is 6.18. The summed E-state index contributed by atoms with van der Waals surface area (Å²) in [5, 5.41) is 4.61. The molecule has 0 aliphatic rings. The van der Waals surface area contributed by atoms with Gasteiger partial charge in [0.2, 0.25) is 0 Å². The van der Waals surface area contributed by atoms with Crippen molar-refractivity contribution in [1.82, 2.24) is 9.55 Å². The van der Waals surface area contributed by atoms with Crippen molar-refractivity contribution in [3.8, 4) is 39.3 Å². The molecule has 0 aliphatic heterocycles. The second-order valence-electron chi connectivity index (χ2n) is 15.9. The van der Waals surface area contributed by atoms with Crippen molar-refractivity contribution < 1.29 is 4.42 Å². The first-order valence-corrected chi connectivity index (χ1v) is 23.0. The van der Waals surface area contributed by atoms with Gasteiger partial charge in [0.25, 0.3) is 0 Å². The summed E-state index contributed by atoms with van der Waals surface area (Å²) < 4.78 is 8.52. The first kappa shape index (κ1) is 36.9. The lowest BCUT2D eigenvalue weighted by atomic mass is 10.0. The number of nitrogens with zero attached hydrogens (tertiary/aromatic N) is 2. The standard InChI is InChI=1S/C59H40N2OS/c1-5-18-41(19-6-1)45-39-54(44-20-17-27-49(36-44)63(46-21-7-2-8-22-46,47-23-9-3-10-24-47)48-25-11-4-12-26-48)60-59(40-45)61-55-30-15-13-28-50(55)52-37-42(32-34-56(52)61)43-33-35-58-53(38-43)51-29-14-16-31-57(51)62-58/h1-40H. The number of hydrogen-bond acceptors (Lipinski definition) is 2. The normalized spacial score (nSPS) is 12.1. The number of fused-ring (bicyclic) bond motifs is 6. The van der Waals surface area contributed by atoms with E-state index in [1.807, 2.05) is 12.1 Å². The molecule has 0 bridgehead atoms. The zero-order valence-corrected chi connectivity index (χ0v) is 35.1. The average Bonchev–Trinajstić information content (AvgIpc) is 3.91. The molecule has 0 saturated heterocycles. The van der Waals surface area contributed by atoms with Crippen LogP contribution < -0.4 is 0 Å². The molecular formula is C59H40N2OS. The molecule has 63 heavy (non-hydrogen) atoms. The van der Waals surface area contributed by atoms with Gasteiger partial charge >= 0.3 is 0 Å². The summed E-state index contributed by atoms with van der Waals surface area (Å²) in [5.41, 5.74) is 10.6. The zero-order valence-electron chi connectivity index (χ0n) is 34.3. The van der Waals surface area contributed by atoms with E-state index < -0.39 is 10.0 Å². The van der Waals surface area contributed by atoms with Gasteiger partial charge in [-0.15, -0.1) is 10.0 Å². The van der Waals surface area contributed by atoms with Crippen molar-refractivity contribution in [1.29, 1.82) is 0 Å². The van der Waals surface area contributed by atoms with Crippen molar-refractivity contribution in [2.24, 2.45) is 0 Å². The molecule has 12 aromatic rings. The maximum atomic E-state index is 6.18. The number of aromatic nitrogens is 2. The van der Waals surface area contributed by atoms with Crippen LogP contribution in [0.2, 0.25) is 0 Å². The Morgan fingerprint density at radius 3 is 1.54 bits per heavy atom. The smallest absolute Gasteiger partial charge is 0.138 e. The summed E-state index contributed by atoms with van der Waals surface area (Å²) in [4.78, 5) is 10.7. The van der Waals surface area contributed by atoms with Crippen molar-refractivity contribution >= 4 is 53.8 Å². The number of pyridine rings is 1. The number of para-hydroxylation sites is 2. The highest BCUT2D eigenvalue weighted by Gasteiger charge is 2.33. The molecule has 9 aromatic carbocycles. The van der Waals surface area contributed by atoms with Crippen molar-refractivity contribution in [2.45, 2.75) is 19.6 Å². The third-order valence-electron chi connectivity index (χ3n) is 12.3. The summed E-state index contributed by atoms with van der Waals surface area (Å²) in [6.45, 7) is 0. The summed E-state index contributed by atoms with van der Waals surface area (Å²) in [6.07, 6.45) is 0. The number of rotatable bonds is 8. The van der Waals surface area contributed by atoms with Gasteiger partial charge in [-0.3, -0.25) is 4.57 Å². The molecule has 0 aliphatic carbocycles. The van der Waals surface area contributed by atoms with E-state index in [1.54, 1.807) is 0 Å². The summed E-state index contributed by atoms with van der Waals surface area (Å²) in [7, 11) is -1.90. The highest BCUT2D eigenvalue weighted by atomic mass is 32.3. The molecule has 0 spiro atoms.